The lowest BCUT2D eigenvalue weighted by molar-refractivity contribution is -0.0207. The number of aromatic nitrogens is 2. The molecular formula is C25H26ClN5O3S. The summed E-state index contributed by atoms with van der Waals surface area (Å²) >= 11 is 7.58. The molecule has 0 bridgehead atoms. The summed E-state index contributed by atoms with van der Waals surface area (Å²) in [6.07, 6.45) is 3.41. The number of hydrogen-bond acceptors (Lipinski definition) is 7. The lowest BCUT2D eigenvalue weighted by Crippen LogP contribution is -2.73. The number of nitrogens with one attached hydrogen (secondary N) is 1. The second-order valence-corrected chi connectivity index (χ2v) is 10.3. The Hall–Kier alpha value is -3.17. The Morgan fingerprint density at radius 3 is 2.69 bits per heavy atom. The monoisotopic (exact) mass is 511 g/mol. The maximum Gasteiger partial charge on any atom is 0.409 e. The molecule has 0 unspecified atom stereocenters. The second kappa shape index (κ2) is 9.83. The Kier molecular flexibility index (Phi) is 6.62. The first-order valence-corrected chi connectivity index (χ1v) is 12.9. The topological polar surface area (TPSA) is 87.7 Å². The number of carbonyl (C=O) groups is 2. The van der Waals surface area contributed by atoms with Gasteiger partial charge in [0.1, 0.15) is 5.69 Å². The van der Waals surface area contributed by atoms with Gasteiger partial charge in [0.25, 0.3) is 5.91 Å². The quantitative estimate of drug-likeness (QED) is 0.440. The van der Waals surface area contributed by atoms with Crippen LogP contribution in [0.25, 0.3) is 11.3 Å². The zero-order valence-corrected chi connectivity index (χ0v) is 20.9. The highest BCUT2D eigenvalue weighted by Crippen LogP contribution is 2.42. The van der Waals surface area contributed by atoms with Crippen LogP contribution in [-0.2, 0) is 4.74 Å². The molecule has 0 saturated carbocycles. The van der Waals surface area contributed by atoms with E-state index in [0.29, 0.717) is 22.5 Å². The van der Waals surface area contributed by atoms with E-state index in [1.54, 1.807) is 17.2 Å². The summed E-state index contributed by atoms with van der Waals surface area (Å²) in [6, 6.07) is 11.1. The molecule has 0 radical (unpaired) electrons. The number of ether oxygens (including phenoxy) is 1. The number of hydrogen-bond donors (Lipinski definition) is 1. The molecule has 4 heterocycles. The fourth-order valence-electron chi connectivity index (χ4n) is 4.43. The van der Waals surface area contributed by atoms with E-state index in [1.165, 1.54) is 11.3 Å². The van der Waals surface area contributed by atoms with Crippen LogP contribution in [0.1, 0.15) is 30.3 Å². The summed E-state index contributed by atoms with van der Waals surface area (Å²) in [6.45, 7) is 5.74. The predicted molar refractivity (Wildman–Crippen MR) is 137 cm³/mol. The van der Waals surface area contributed by atoms with Crippen molar-refractivity contribution in [1.82, 2.24) is 14.9 Å². The van der Waals surface area contributed by atoms with Crippen molar-refractivity contribution in [2.75, 3.05) is 43.0 Å². The lowest BCUT2D eigenvalue weighted by Gasteiger charge is -2.60. The van der Waals surface area contributed by atoms with Crippen molar-refractivity contribution in [2.45, 2.75) is 19.8 Å². The maximum atomic E-state index is 12.6. The number of benzene rings is 1. The Morgan fingerprint density at radius 1 is 1.17 bits per heavy atom. The van der Waals surface area contributed by atoms with Crippen molar-refractivity contribution in [2.24, 2.45) is 5.41 Å². The number of nitrogens with zero attached hydrogens (tertiary/aromatic N) is 4. The summed E-state index contributed by atoms with van der Waals surface area (Å²) in [5.41, 5.74) is 2.97. The number of unbranched alkanes of at least 4 members (excludes halogenated alkanes) is 1. The number of amides is 2. The smallest absolute Gasteiger partial charge is 0.409 e. The van der Waals surface area contributed by atoms with Gasteiger partial charge in [-0.1, -0.05) is 43.1 Å². The highest BCUT2D eigenvalue weighted by Gasteiger charge is 2.53. The summed E-state index contributed by atoms with van der Waals surface area (Å²) < 4.78 is 5.28. The molecule has 2 aliphatic heterocycles. The SMILES string of the molecule is CCCCOC(=O)N1CC2(C1)CN(c1ccc(C(=O)Nc3nc(-c4ccccc4Cl)cs3)nc1)C2. The zero-order chi connectivity index (χ0) is 24.4. The number of carbonyl (C=O) groups excluding carboxylic acids is 2. The van der Waals surface area contributed by atoms with Crippen molar-refractivity contribution in [3.05, 3.63) is 58.7 Å². The Morgan fingerprint density at radius 2 is 1.97 bits per heavy atom. The number of rotatable bonds is 7. The zero-order valence-electron chi connectivity index (χ0n) is 19.4. The first-order valence-electron chi connectivity index (χ1n) is 11.6. The predicted octanol–water partition coefficient (Wildman–Crippen LogP) is 5.17. The molecule has 1 spiro atoms. The van der Waals surface area contributed by atoms with Gasteiger partial charge >= 0.3 is 6.09 Å². The van der Waals surface area contributed by atoms with Gasteiger partial charge in [-0.05, 0) is 24.6 Å². The second-order valence-electron chi connectivity index (χ2n) is 9.05. The lowest BCUT2D eigenvalue weighted by atomic mass is 9.73. The van der Waals surface area contributed by atoms with E-state index in [2.05, 4.69) is 27.1 Å². The molecule has 1 aromatic carbocycles. The molecule has 1 N–H and O–H groups in total. The molecule has 2 fully saturated rings. The third-order valence-corrected chi connectivity index (χ3v) is 7.39. The van der Waals surface area contributed by atoms with E-state index in [9.17, 15) is 9.59 Å². The Labute approximate surface area is 212 Å². The highest BCUT2D eigenvalue weighted by molar-refractivity contribution is 7.14. The van der Waals surface area contributed by atoms with Gasteiger partial charge in [0.2, 0.25) is 0 Å². The molecule has 2 aliphatic rings. The van der Waals surface area contributed by atoms with Crippen molar-refractivity contribution in [3.63, 3.8) is 0 Å². The third kappa shape index (κ3) is 4.97. The first kappa shape index (κ1) is 23.6. The van der Waals surface area contributed by atoms with Gasteiger partial charge in [0.05, 0.1) is 24.2 Å². The van der Waals surface area contributed by atoms with Crippen molar-refractivity contribution in [3.8, 4) is 11.3 Å². The molecule has 3 aromatic rings. The fraction of sp³-hybridized carbons (Fsp3) is 0.360. The minimum atomic E-state index is -0.312. The van der Waals surface area contributed by atoms with Crippen LogP contribution in [0.4, 0.5) is 15.6 Å². The number of halogens is 1. The highest BCUT2D eigenvalue weighted by atomic mass is 35.5. The van der Waals surface area contributed by atoms with E-state index in [1.807, 2.05) is 35.7 Å². The van der Waals surface area contributed by atoms with Crippen LogP contribution in [0, 0.1) is 5.41 Å². The van der Waals surface area contributed by atoms with Crippen LogP contribution in [0.2, 0.25) is 5.02 Å². The third-order valence-electron chi connectivity index (χ3n) is 6.31. The van der Waals surface area contributed by atoms with Gasteiger partial charge in [-0.15, -0.1) is 11.3 Å². The van der Waals surface area contributed by atoms with Gasteiger partial charge in [-0.2, -0.15) is 0 Å². The molecule has 5 rings (SSSR count). The normalized spacial score (nSPS) is 15.9. The molecule has 35 heavy (non-hydrogen) atoms. The van der Waals surface area contributed by atoms with Crippen molar-refractivity contribution in [1.29, 1.82) is 0 Å². The van der Waals surface area contributed by atoms with Crippen LogP contribution >= 0.6 is 22.9 Å². The van der Waals surface area contributed by atoms with Crippen LogP contribution in [-0.4, -0.2) is 59.7 Å². The summed E-state index contributed by atoms with van der Waals surface area (Å²) in [5.74, 6) is -0.312. The van der Waals surface area contributed by atoms with Gasteiger partial charge in [-0.3, -0.25) is 10.1 Å². The van der Waals surface area contributed by atoms with Gasteiger partial charge < -0.3 is 14.5 Å². The molecule has 10 heteroatoms. The van der Waals surface area contributed by atoms with Crippen LogP contribution in [0.5, 0.6) is 0 Å². The molecule has 182 valence electrons. The van der Waals surface area contributed by atoms with E-state index in [0.717, 1.165) is 56.0 Å². The van der Waals surface area contributed by atoms with E-state index < -0.39 is 0 Å². The first-order chi connectivity index (χ1) is 17.0. The largest absolute Gasteiger partial charge is 0.449 e. The minimum absolute atomic E-state index is 0.143. The molecule has 2 saturated heterocycles. The van der Waals surface area contributed by atoms with Crippen LogP contribution in [0.3, 0.4) is 0 Å². The Balaban J connectivity index is 1.11. The number of thiazole rings is 1. The molecule has 0 atom stereocenters. The van der Waals surface area contributed by atoms with Crippen LogP contribution < -0.4 is 10.2 Å². The van der Waals surface area contributed by atoms with Gasteiger partial charge in [0.15, 0.2) is 5.13 Å². The number of likely N-dealkylation sites (tertiary alicyclic amines) is 1. The van der Waals surface area contributed by atoms with Crippen molar-refractivity contribution >= 4 is 45.8 Å². The standard InChI is InChI=1S/C25H26ClN5O3S/c1-2-3-10-34-24(33)31-15-25(16-31)13-30(14-25)17-8-9-20(27-11-17)22(32)29-23-28-21(12-35-23)18-6-4-5-7-19(18)26/h4-9,11-12H,2-3,10,13-16H2,1H3,(H,28,29,32). The summed E-state index contributed by atoms with van der Waals surface area (Å²) in [5, 5.41) is 5.77. The van der Waals surface area contributed by atoms with E-state index >= 15 is 0 Å². The van der Waals surface area contributed by atoms with Crippen molar-refractivity contribution < 1.29 is 14.3 Å². The summed E-state index contributed by atoms with van der Waals surface area (Å²) in [4.78, 5) is 37.5. The number of anilines is 2. The molecule has 8 nitrogen and oxygen atoms in total. The van der Waals surface area contributed by atoms with E-state index in [4.69, 9.17) is 16.3 Å². The van der Waals surface area contributed by atoms with Crippen LogP contribution in [0.15, 0.2) is 48.0 Å². The molecular weight excluding hydrogens is 486 g/mol. The Bertz CT molecular complexity index is 1220. The average Bonchev–Trinajstić information content (AvgIpc) is 3.26. The fourth-order valence-corrected chi connectivity index (χ4v) is 5.36. The number of pyridine rings is 1. The summed E-state index contributed by atoms with van der Waals surface area (Å²) in [7, 11) is 0. The molecule has 2 aromatic heterocycles. The molecule has 2 amide bonds. The van der Waals surface area contributed by atoms with Gasteiger partial charge in [0, 0.05) is 47.6 Å². The van der Waals surface area contributed by atoms with E-state index in [-0.39, 0.29) is 17.4 Å². The average molecular weight is 512 g/mol. The van der Waals surface area contributed by atoms with Gasteiger partial charge in [-0.25, -0.2) is 14.8 Å². The molecule has 0 aliphatic carbocycles. The minimum Gasteiger partial charge on any atom is -0.449 e. The maximum absolute atomic E-state index is 12.6.